The number of fused-ring (bicyclic) bond motifs is 1. The average molecular weight is 383 g/mol. The van der Waals surface area contributed by atoms with Gasteiger partial charge in [0.1, 0.15) is 0 Å². The van der Waals surface area contributed by atoms with Crippen LogP contribution in [-0.2, 0) is 24.2 Å². The third-order valence-electron chi connectivity index (χ3n) is 5.36. The van der Waals surface area contributed by atoms with Gasteiger partial charge in [0.25, 0.3) is 5.91 Å². The Labute approximate surface area is 166 Å². The second-order valence-electron chi connectivity index (χ2n) is 7.67. The highest BCUT2D eigenvalue weighted by Gasteiger charge is 2.26. The van der Waals surface area contributed by atoms with E-state index in [4.69, 9.17) is 0 Å². The van der Waals surface area contributed by atoms with Crippen molar-refractivity contribution in [2.24, 2.45) is 5.92 Å². The Balaban J connectivity index is 1.67. The van der Waals surface area contributed by atoms with Gasteiger partial charge in [0.15, 0.2) is 0 Å². The minimum atomic E-state index is -0.0455. The van der Waals surface area contributed by atoms with E-state index in [9.17, 15) is 9.59 Å². The third kappa shape index (κ3) is 5.21. The van der Waals surface area contributed by atoms with Crippen LogP contribution in [0.15, 0.2) is 36.5 Å². The van der Waals surface area contributed by atoms with Gasteiger partial charge in [-0.1, -0.05) is 43.7 Å². The number of hydrogen-bond donors (Lipinski definition) is 2. The molecule has 1 aromatic heterocycles. The smallest absolute Gasteiger partial charge is 0.254 e. The van der Waals surface area contributed by atoms with Gasteiger partial charge in [0.05, 0.1) is 17.5 Å². The average Bonchev–Trinajstić information content (AvgIpc) is 3.10. The maximum atomic E-state index is 13.0. The summed E-state index contributed by atoms with van der Waals surface area (Å²) in [6.45, 7) is 5.11. The van der Waals surface area contributed by atoms with Gasteiger partial charge in [-0.25, -0.2) is 0 Å². The molecule has 2 N–H and O–H groups in total. The molecule has 0 saturated carbocycles. The highest BCUT2D eigenvalue weighted by molar-refractivity contribution is 5.95. The number of hydrogen-bond acceptors (Lipinski definition) is 3. The molecular formula is C22H30N4O2. The van der Waals surface area contributed by atoms with Crippen LogP contribution >= 0.6 is 0 Å². The van der Waals surface area contributed by atoms with Crippen molar-refractivity contribution in [1.82, 2.24) is 20.4 Å². The maximum absolute atomic E-state index is 13.0. The zero-order chi connectivity index (χ0) is 19.9. The lowest BCUT2D eigenvalue weighted by atomic mass is 9.94. The Morgan fingerprint density at radius 1 is 1.29 bits per heavy atom. The Kier molecular flexibility index (Phi) is 6.85. The van der Waals surface area contributed by atoms with Crippen molar-refractivity contribution in [2.75, 3.05) is 6.54 Å². The SMILES string of the molecule is CCCC(Cc1ccccc1)NC(=O)c1cnn2c1CC(CNC(C)=O)CC2. The predicted octanol–water partition coefficient (Wildman–Crippen LogP) is 2.72. The molecule has 2 amide bonds. The normalized spacial score (nSPS) is 16.9. The first kappa shape index (κ1) is 20.1. The van der Waals surface area contributed by atoms with E-state index in [1.807, 2.05) is 22.9 Å². The minimum absolute atomic E-state index is 0.0135. The zero-order valence-corrected chi connectivity index (χ0v) is 16.8. The summed E-state index contributed by atoms with van der Waals surface area (Å²) < 4.78 is 1.94. The molecule has 150 valence electrons. The quantitative estimate of drug-likeness (QED) is 0.737. The molecule has 0 saturated heterocycles. The van der Waals surface area contributed by atoms with Crippen LogP contribution in [0, 0.1) is 5.92 Å². The molecule has 1 aliphatic heterocycles. The number of nitrogens with zero attached hydrogens (tertiary/aromatic N) is 2. The predicted molar refractivity (Wildman–Crippen MR) is 109 cm³/mol. The summed E-state index contributed by atoms with van der Waals surface area (Å²) in [4.78, 5) is 24.2. The van der Waals surface area contributed by atoms with Crippen molar-refractivity contribution in [3.8, 4) is 0 Å². The second kappa shape index (κ2) is 9.53. The Morgan fingerprint density at radius 2 is 2.07 bits per heavy atom. The molecule has 6 nitrogen and oxygen atoms in total. The molecule has 3 rings (SSSR count). The first-order valence-electron chi connectivity index (χ1n) is 10.2. The Morgan fingerprint density at radius 3 is 2.79 bits per heavy atom. The lowest BCUT2D eigenvalue weighted by Crippen LogP contribution is -2.37. The molecule has 1 aliphatic rings. The number of aromatic nitrogens is 2. The van der Waals surface area contributed by atoms with E-state index in [1.54, 1.807) is 6.20 Å². The van der Waals surface area contributed by atoms with Crippen LogP contribution in [0.25, 0.3) is 0 Å². The van der Waals surface area contributed by atoms with Crippen LogP contribution < -0.4 is 10.6 Å². The van der Waals surface area contributed by atoms with Crippen molar-refractivity contribution >= 4 is 11.8 Å². The zero-order valence-electron chi connectivity index (χ0n) is 16.8. The summed E-state index contributed by atoms with van der Waals surface area (Å²) in [6, 6.07) is 10.4. The van der Waals surface area contributed by atoms with Gasteiger partial charge in [0, 0.05) is 26.1 Å². The number of rotatable bonds is 8. The highest BCUT2D eigenvalue weighted by Crippen LogP contribution is 2.23. The topological polar surface area (TPSA) is 76.0 Å². The molecule has 0 radical (unpaired) electrons. The number of carbonyl (C=O) groups is 2. The van der Waals surface area contributed by atoms with Crippen LogP contribution in [0.5, 0.6) is 0 Å². The van der Waals surface area contributed by atoms with Gasteiger partial charge < -0.3 is 10.6 Å². The van der Waals surface area contributed by atoms with Crippen LogP contribution in [0.3, 0.4) is 0 Å². The fourth-order valence-electron chi connectivity index (χ4n) is 3.89. The van der Waals surface area contributed by atoms with Gasteiger partial charge >= 0.3 is 0 Å². The van der Waals surface area contributed by atoms with E-state index in [-0.39, 0.29) is 17.9 Å². The fourth-order valence-corrected chi connectivity index (χ4v) is 3.89. The van der Waals surface area contributed by atoms with Crippen LogP contribution in [0.1, 0.15) is 54.7 Å². The van der Waals surface area contributed by atoms with E-state index >= 15 is 0 Å². The largest absolute Gasteiger partial charge is 0.356 e. The lowest BCUT2D eigenvalue weighted by molar-refractivity contribution is -0.119. The summed E-state index contributed by atoms with van der Waals surface area (Å²) in [5.74, 6) is 0.284. The number of carbonyl (C=O) groups excluding carboxylic acids is 2. The van der Waals surface area contributed by atoms with E-state index in [1.165, 1.54) is 12.5 Å². The summed E-state index contributed by atoms with van der Waals surface area (Å²) in [5.41, 5.74) is 2.88. The Bertz CT molecular complexity index is 800. The molecule has 0 fully saturated rings. The number of nitrogens with one attached hydrogen (secondary N) is 2. The van der Waals surface area contributed by atoms with E-state index in [0.717, 1.165) is 44.3 Å². The molecule has 2 heterocycles. The summed E-state index contributed by atoms with van der Waals surface area (Å²) >= 11 is 0. The minimum Gasteiger partial charge on any atom is -0.356 e. The van der Waals surface area contributed by atoms with Crippen LogP contribution in [-0.4, -0.2) is 34.2 Å². The number of aryl methyl sites for hydroxylation is 1. The first-order valence-corrected chi connectivity index (χ1v) is 10.2. The van der Waals surface area contributed by atoms with Gasteiger partial charge in [-0.15, -0.1) is 0 Å². The molecule has 0 aliphatic carbocycles. The first-order chi connectivity index (χ1) is 13.6. The molecule has 0 bridgehead atoms. The highest BCUT2D eigenvalue weighted by atomic mass is 16.2. The number of benzene rings is 1. The van der Waals surface area contributed by atoms with Crippen molar-refractivity contribution in [3.63, 3.8) is 0 Å². The molecule has 1 aromatic carbocycles. The lowest BCUT2D eigenvalue weighted by Gasteiger charge is -2.24. The molecule has 6 heteroatoms. The van der Waals surface area contributed by atoms with Crippen molar-refractivity contribution in [1.29, 1.82) is 0 Å². The van der Waals surface area contributed by atoms with E-state index < -0.39 is 0 Å². The second-order valence-corrected chi connectivity index (χ2v) is 7.67. The van der Waals surface area contributed by atoms with Gasteiger partial charge in [-0.05, 0) is 37.2 Å². The maximum Gasteiger partial charge on any atom is 0.254 e. The monoisotopic (exact) mass is 382 g/mol. The molecule has 28 heavy (non-hydrogen) atoms. The standard InChI is InChI=1S/C22H30N4O2/c1-3-7-19(12-17-8-5-4-6-9-17)25-22(28)20-15-24-26-11-10-18(13-21(20)26)14-23-16(2)27/h4-6,8-9,15,18-19H,3,7,10-14H2,1-2H3,(H,23,27)(H,25,28). The fraction of sp³-hybridized carbons (Fsp3) is 0.500. The van der Waals surface area contributed by atoms with E-state index in [0.29, 0.717) is 18.0 Å². The van der Waals surface area contributed by atoms with E-state index in [2.05, 4.69) is 34.8 Å². The Hall–Kier alpha value is -2.63. The summed E-state index contributed by atoms with van der Waals surface area (Å²) in [7, 11) is 0. The number of amides is 2. The molecule has 0 spiro atoms. The molecule has 2 atom stereocenters. The van der Waals surface area contributed by atoms with Gasteiger partial charge in [0.2, 0.25) is 5.91 Å². The van der Waals surface area contributed by atoms with Crippen molar-refractivity contribution in [2.45, 2.75) is 58.5 Å². The molecular weight excluding hydrogens is 352 g/mol. The van der Waals surface area contributed by atoms with Gasteiger partial charge in [-0.2, -0.15) is 5.10 Å². The third-order valence-corrected chi connectivity index (χ3v) is 5.36. The van der Waals surface area contributed by atoms with Crippen molar-refractivity contribution < 1.29 is 9.59 Å². The molecule has 2 aromatic rings. The summed E-state index contributed by atoms with van der Waals surface area (Å²) in [6.07, 6.45) is 6.20. The van der Waals surface area contributed by atoms with Crippen LogP contribution in [0.4, 0.5) is 0 Å². The summed E-state index contributed by atoms with van der Waals surface area (Å²) in [5, 5.41) is 10.5. The van der Waals surface area contributed by atoms with Crippen LogP contribution in [0.2, 0.25) is 0 Å². The van der Waals surface area contributed by atoms with Crippen molar-refractivity contribution in [3.05, 3.63) is 53.3 Å². The van der Waals surface area contributed by atoms with Gasteiger partial charge in [-0.3, -0.25) is 14.3 Å². The molecule has 2 unspecified atom stereocenters.